The number of rotatable bonds is 8. The van der Waals surface area contributed by atoms with E-state index >= 15 is 4.39 Å². The third kappa shape index (κ3) is 4.66. The van der Waals surface area contributed by atoms with E-state index in [9.17, 15) is 9.65 Å². The molecule has 0 radical (unpaired) electrons. The summed E-state index contributed by atoms with van der Waals surface area (Å²) in [4.78, 5) is 14.1. The fourth-order valence-electron chi connectivity index (χ4n) is 7.25. The quantitative estimate of drug-likeness (QED) is 0.231. The van der Waals surface area contributed by atoms with Crippen molar-refractivity contribution >= 4 is 54.7 Å². The normalized spacial score (nSPS) is 21.0. The average Bonchev–Trinajstić information content (AvgIpc) is 3.69. The number of benzene rings is 2. The van der Waals surface area contributed by atoms with Gasteiger partial charge in [-0.1, -0.05) is 24.6 Å². The first-order valence-corrected chi connectivity index (χ1v) is 16.4. The first kappa shape index (κ1) is 29.4. The Kier molecular flexibility index (Phi) is 7.52. The standard InChI is InChI=1S/C32H34ClF2N7OS/c1-3-41(15-23-17(2)14-38-23)30-19-12-21(33)25(18-6-7-22(34)28-24(18)20(13-36)29(37)44-28)26(35)27(19)39-31(40-30)43-16-32-8-4-10-42(32)11-5-9-32/h6-7,12,17,23,38H,3-5,8-11,14-16,37H2,1-2H3. The second-order valence-corrected chi connectivity index (χ2v) is 13.7. The molecule has 2 aromatic carbocycles. The van der Waals surface area contributed by atoms with Crippen molar-refractivity contribution in [1.29, 1.82) is 5.26 Å². The Labute approximate surface area is 263 Å². The molecule has 7 rings (SSSR count). The number of hydrogen-bond acceptors (Lipinski definition) is 9. The molecule has 2 aromatic heterocycles. The molecule has 3 aliphatic heterocycles. The van der Waals surface area contributed by atoms with Gasteiger partial charge in [0.25, 0.3) is 0 Å². The van der Waals surface area contributed by atoms with E-state index in [2.05, 4.69) is 33.1 Å². The van der Waals surface area contributed by atoms with Gasteiger partial charge in [0.1, 0.15) is 34.8 Å². The summed E-state index contributed by atoms with van der Waals surface area (Å²) in [6.45, 7) is 9.06. The summed E-state index contributed by atoms with van der Waals surface area (Å²) in [6.07, 6.45) is 4.37. The van der Waals surface area contributed by atoms with Gasteiger partial charge in [0, 0.05) is 35.5 Å². The number of halogens is 3. The largest absolute Gasteiger partial charge is 0.461 e. The number of nitrogens with one attached hydrogen (secondary N) is 1. The second-order valence-electron chi connectivity index (χ2n) is 12.3. The van der Waals surface area contributed by atoms with Gasteiger partial charge in [0.05, 0.1) is 20.8 Å². The zero-order chi connectivity index (χ0) is 30.7. The van der Waals surface area contributed by atoms with Crippen molar-refractivity contribution in [3.8, 4) is 23.2 Å². The lowest BCUT2D eigenvalue weighted by molar-refractivity contribution is 0.108. The zero-order valence-corrected chi connectivity index (χ0v) is 26.3. The van der Waals surface area contributed by atoms with Crippen LogP contribution in [0.3, 0.4) is 0 Å². The van der Waals surface area contributed by atoms with Gasteiger partial charge in [-0.15, -0.1) is 11.3 Å². The third-order valence-corrected chi connectivity index (χ3v) is 11.1. The summed E-state index contributed by atoms with van der Waals surface area (Å²) in [5.41, 5.74) is 6.50. The lowest BCUT2D eigenvalue weighted by atomic mass is 9.93. The third-order valence-electron chi connectivity index (χ3n) is 9.81. The number of anilines is 2. The number of fused-ring (bicyclic) bond motifs is 3. The highest BCUT2D eigenvalue weighted by atomic mass is 35.5. The predicted molar refractivity (Wildman–Crippen MR) is 172 cm³/mol. The monoisotopic (exact) mass is 637 g/mol. The molecule has 44 heavy (non-hydrogen) atoms. The van der Waals surface area contributed by atoms with Crippen LogP contribution in [-0.4, -0.2) is 65.8 Å². The molecule has 0 amide bonds. The van der Waals surface area contributed by atoms with Crippen LogP contribution in [0, 0.1) is 28.9 Å². The molecule has 2 atom stereocenters. The molecule has 0 aliphatic carbocycles. The lowest BCUT2D eigenvalue weighted by Crippen LogP contribution is -2.57. The van der Waals surface area contributed by atoms with E-state index in [1.807, 2.05) is 6.92 Å². The Hall–Kier alpha value is -3.30. The molecule has 230 valence electrons. The maximum atomic E-state index is 16.9. The second kappa shape index (κ2) is 11.2. The Bertz CT molecular complexity index is 1810. The summed E-state index contributed by atoms with van der Waals surface area (Å²) in [6, 6.07) is 6.80. The Morgan fingerprint density at radius 2 is 2.05 bits per heavy atom. The number of nitrogen functional groups attached to an aromatic ring is 1. The topological polar surface area (TPSA) is 103 Å². The van der Waals surface area contributed by atoms with Crippen molar-refractivity contribution in [3.05, 3.63) is 40.4 Å². The van der Waals surface area contributed by atoms with Gasteiger partial charge in [-0.3, -0.25) is 4.90 Å². The summed E-state index contributed by atoms with van der Waals surface area (Å²) < 4.78 is 38.3. The number of nitrogens with zero attached hydrogens (tertiary/aromatic N) is 5. The van der Waals surface area contributed by atoms with Gasteiger partial charge < -0.3 is 20.7 Å². The van der Waals surface area contributed by atoms with Crippen LogP contribution in [0.15, 0.2) is 18.2 Å². The van der Waals surface area contributed by atoms with Crippen LogP contribution in [0.5, 0.6) is 6.01 Å². The van der Waals surface area contributed by atoms with Crippen LogP contribution in [0.1, 0.15) is 45.1 Å². The van der Waals surface area contributed by atoms with Crippen molar-refractivity contribution in [2.24, 2.45) is 5.92 Å². The van der Waals surface area contributed by atoms with E-state index < -0.39 is 11.6 Å². The van der Waals surface area contributed by atoms with Crippen LogP contribution in [-0.2, 0) is 0 Å². The number of nitriles is 1. The summed E-state index contributed by atoms with van der Waals surface area (Å²) >= 11 is 7.81. The Balaban J connectivity index is 1.39. The molecule has 12 heteroatoms. The van der Waals surface area contributed by atoms with E-state index in [0.29, 0.717) is 36.8 Å². The van der Waals surface area contributed by atoms with Gasteiger partial charge in [-0.05, 0) is 75.9 Å². The highest BCUT2D eigenvalue weighted by Crippen LogP contribution is 2.46. The predicted octanol–water partition coefficient (Wildman–Crippen LogP) is 6.34. The SMILES string of the molecule is CCN(CC1NCC1C)c1nc(OCC23CCCN2CCC3)nc2c(F)c(-c3ccc(F)c4sc(N)c(C#N)c34)c(Cl)cc12. The van der Waals surface area contributed by atoms with E-state index in [1.165, 1.54) is 12.1 Å². The van der Waals surface area contributed by atoms with Crippen molar-refractivity contribution in [3.63, 3.8) is 0 Å². The van der Waals surface area contributed by atoms with Gasteiger partial charge in [-0.25, -0.2) is 8.78 Å². The molecule has 3 N–H and O–H groups in total. The number of hydrogen-bond donors (Lipinski definition) is 2. The molecular formula is C32H34ClF2N7OS. The average molecular weight is 638 g/mol. The molecule has 5 heterocycles. The van der Waals surface area contributed by atoms with Crippen molar-refractivity contribution in [2.75, 3.05) is 50.0 Å². The van der Waals surface area contributed by atoms with Crippen molar-refractivity contribution in [2.45, 2.75) is 51.1 Å². The van der Waals surface area contributed by atoms with Crippen LogP contribution in [0.25, 0.3) is 32.1 Å². The minimum absolute atomic E-state index is 0.0303. The van der Waals surface area contributed by atoms with E-state index in [4.69, 9.17) is 27.1 Å². The number of nitrogens with two attached hydrogens (primary N) is 1. The van der Waals surface area contributed by atoms with Gasteiger partial charge >= 0.3 is 6.01 Å². The van der Waals surface area contributed by atoms with Crippen LogP contribution < -0.4 is 20.7 Å². The molecule has 3 saturated heterocycles. The van der Waals surface area contributed by atoms with E-state index in [-0.39, 0.29) is 59.9 Å². The number of ether oxygens (including phenoxy) is 1. The van der Waals surface area contributed by atoms with Crippen molar-refractivity contribution < 1.29 is 13.5 Å². The van der Waals surface area contributed by atoms with Gasteiger partial charge in [0.15, 0.2) is 5.82 Å². The summed E-state index contributed by atoms with van der Waals surface area (Å²) in [5, 5.41) is 14.3. The first-order chi connectivity index (χ1) is 21.2. The molecule has 3 aliphatic rings. The first-order valence-electron chi connectivity index (χ1n) is 15.2. The van der Waals surface area contributed by atoms with Gasteiger partial charge in [-0.2, -0.15) is 15.2 Å². The van der Waals surface area contributed by atoms with E-state index in [0.717, 1.165) is 56.7 Å². The summed E-state index contributed by atoms with van der Waals surface area (Å²) in [5.74, 6) is -0.169. The molecule has 0 spiro atoms. The van der Waals surface area contributed by atoms with Crippen LogP contribution in [0.2, 0.25) is 5.02 Å². The number of aromatic nitrogens is 2. The fourth-order valence-corrected chi connectivity index (χ4v) is 8.49. The number of thiophene rings is 1. The minimum Gasteiger partial charge on any atom is -0.461 e. The smallest absolute Gasteiger partial charge is 0.319 e. The number of likely N-dealkylation sites (N-methyl/N-ethyl adjacent to an activating group) is 1. The highest BCUT2D eigenvalue weighted by molar-refractivity contribution is 7.23. The fraction of sp³-hybridized carbons (Fsp3) is 0.469. The van der Waals surface area contributed by atoms with Crippen LogP contribution in [0.4, 0.5) is 19.6 Å². The maximum Gasteiger partial charge on any atom is 0.319 e. The van der Waals surface area contributed by atoms with Gasteiger partial charge in [0.2, 0.25) is 0 Å². The highest BCUT2D eigenvalue weighted by Gasteiger charge is 2.45. The van der Waals surface area contributed by atoms with Crippen molar-refractivity contribution in [1.82, 2.24) is 20.2 Å². The zero-order valence-electron chi connectivity index (χ0n) is 24.7. The lowest BCUT2D eigenvalue weighted by Gasteiger charge is -2.39. The van der Waals surface area contributed by atoms with E-state index in [1.54, 1.807) is 6.07 Å². The maximum absolute atomic E-state index is 16.9. The molecule has 2 unspecified atom stereocenters. The summed E-state index contributed by atoms with van der Waals surface area (Å²) in [7, 11) is 0. The molecule has 0 bridgehead atoms. The molecule has 8 nitrogen and oxygen atoms in total. The molecular weight excluding hydrogens is 604 g/mol. The minimum atomic E-state index is -0.685. The van der Waals surface area contributed by atoms with Crippen LogP contribution >= 0.6 is 22.9 Å². The molecule has 3 fully saturated rings. The molecule has 0 saturated carbocycles. The molecule has 4 aromatic rings. The Morgan fingerprint density at radius 3 is 2.70 bits per heavy atom. The Morgan fingerprint density at radius 1 is 1.27 bits per heavy atom.